The van der Waals surface area contributed by atoms with Crippen LogP contribution in [0.2, 0.25) is 0 Å². The molecule has 4 N–H and O–H groups in total. The second-order valence-electron chi connectivity index (χ2n) is 3.85. The number of benzene rings is 1. The van der Waals surface area contributed by atoms with Gasteiger partial charge in [0.15, 0.2) is 0 Å². The van der Waals surface area contributed by atoms with Gasteiger partial charge < -0.3 is 20.6 Å². The molecule has 0 aliphatic carbocycles. The quantitative estimate of drug-likeness (QED) is 0.587. The van der Waals surface area contributed by atoms with Gasteiger partial charge in [-0.2, -0.15) is 0 Å². The van der Waals surface area contributed by atoms with Gasteiger partial charge in [0.05, 0.1) is 5.56 Å². The molecule has 0 aliphatic rings. The van der Waals surface area contributed by atoms with E-state index in [-0.39, 0.29) is 17.1 Å². The van der Waals surface area contributed by atoms with Crippen molar-refractivity contribution >= 4 is 11.9 Å². The first-order valence-corrected chi connectivity index (χ1v) is 5.51. The highest BCUT2D eigenvalue weighted by molar-refractivity contribution is 5.99. The first-order chi connectivity index (χ1) is 8.45. The van der Waals surface area contributed by atoms with E-state index in [1.165, 1.54) is 12.1 Å². The van der Waals surface area contributed by atoms with E-state index >= 15 is 0 Å². The first-order valence-electron chi connectivity index (χ1n) is 5.51. The van der Waals surface area contributed by atoms with Gasteiger partial charge in [0.2, 0.25) is 0 Å². The van der Waals surface area contributed by atoms with E-state index in [4.69, 9.17) is 5.11 Å². The molecule has 0 spiro atoms. The summed E-state index contributed by atoms with van der Waals surface area (Å²) in [5, 5.41) is 29.9. The number of carbonyl (C=O) groups is 2. The maximum Gasteiger partial charge on any atom is 0.326 e. The maximum atomic E-state index is 11.8. The number of carboxylic acid groups (broad SMARTS) is 1. The molecule has 0 heterocycles. The van der Waals surface area contributed by atoms with Crippen LogP contribution in [0.1, 0.15) is 30.1 Å². The molecule has 0 saturated heterocycles. The number of hydrogen-bond acceptors (Lipinski definition) is 4. The largest absolute Gasteiger partial charge is 0.508 e. The van der Waals surface area contributed by atoms with E-state index in [1.54, 1.807) is 6.92 Å². The van der Waals surface area contributed by atoms with Crippen LogP contribution in [-0.2, 0) is 4.79 Å². The van der Waals surface area contributed by atoms with Crippen molar-refractivity contribution in [3.63, 3.8) is 0 Å². The summed E-state index contributed by atoms with van der Waals surface area (Å²) in [4.78, 5) is 22.6. The SMILES string of the molecule is CCCC(NC(=O)c1cc(O)ccc1O)C(=O)O. The monoisotopic (exact) mass is 253 g/mol. The summed E-state index contributed by atoms with van der Waals surface area (Å²) < 4.78 is 0. The highest BCUT2D eigenvalue weighted by atomic mass is 16.4. The van der Waals surface area contributed by atoms with E-state index < -0.39 is 17.9 Å². The van der Waals surface area contributed by atoms with Gasteiger partial charge in [-0.15, -0.1) is 0 Å². The minimum absolute atomic E-state index is 0.155. The van der Waals surface area contributed by atoms with Gasteiger partial charge in [-0.05, 0) is 24.6 Å². The molecule has 18 heavy (non-hydrogen) atoms. The molecular weight excluding hydrogens is 238 g/mol. The van der Waals surface area contributed by atoms with Crippen molar-refractivity contribution < 1.29 is 24.9 Å². The Labute approximate surface area is 104 Å². The number of carboxylic acids is 1. The molecule has 0 fully saturated rings. The van der Waals surface area contributed by atoms with E-state index in [1.807, 2.05) is 0 Å². The van der Waals surface area contributed by atoms with E-state index in [2.05, 4.69) is 5.32 Å². The van der Waals surface area contributed by atoms with Crippen molar-refractivity contribution in [1.82, 2.24) is 5.32 Å². The molecule has 98 valence electrons. The number of rotatable bonds is 5. The molecular formula is C12H15NO5. The molecule has 1 unspecified atom stereocenters. The third-order valence-corrected chi connectivity index (χ3v) is 2.41. The molecule has 1 aromatic rings. The molecule has 1 rings (SSSR count). The lowest BCUT2D eigenvalue weighted by Crippen LogP contribution is -2.40. The number of phenols is 2. The Morgan fingerprint density at radius 1 is 1.33 bits per heavy atom. The summed E-state index contributed by atoms with van der Waals surface area (Å²) in [5.74, 6) is -2.36. The summed E-state index contributed by atoms with van der Waals surface area (Å²) in [7, 11) is 0. The smallest absolute Gasteiger partial charge is 0.326 e. The predicted molar refractivity (Wildman–Crippen MR) is 63.6 cm³/mol. The number of hydrogen-bond donors (Lipinski definition) is 4. The fraction of sp³-hybridized carbons (Fsp3) is 0.333. The Morgan fingerprint density at radius 3 is 2.56 bits per heavy atom. The predicted octanol–water partition coefficient (Wildman–Crippen LogP) is 1.08. The molecule has 1 amide bonds. The number of aliphatic carboxylic acids is 1. The average Bonchev–Trinajstić information content (AvgIpc) is 2.31. The van der Waals surface area contributed by atoms with Crippen LogP contribution in [0.15, 0.2) is 18.2 Å². The second kappa shape index (κ2) is 5.90. The van der Waals surface area contributed by atoms with Crippen LogP contribution in [0.5, 0.6) is 11.5 Å². The first kappa shape index (κ1) is 13.8. The van der Waals surface area contributed by atoms with Gasteiger partial charge in [-0.25, -0.2) is 4.79 Å². The van der Waals surface area contributed by atoms with Gasteiger partial charge >= 0.3 is 5.97 Å². The fourth-order valence-electron chi connectivity index (χ4n) is 1.49. The molecule has 0 bridgehead atoms. The standard InChI is InChI=1S/C12H15NO5/c1-2-3-9(12(17)18)13-11(16)8-6-7(14)4-5-10(8)15/h4-6,9,14-15H,2-3H2,1H3,(H,13,16)(H,17,18). The van der Waals surface area contributed by atoms with Gasteiger partial charge in [-0.3, -0.25) is 4.79 Å². The summed E-state index contributed by atoms with van der Waals surface area (Å²) in [5.41, 5.74) is -0.155. The minimum atomic E-state index is -1.13. The van der Waals surface area contributed by atoms with Gasteiger partial charge in [0.1, 0.15) is 17.5 Å². The fourth-order valence-corrected chi connectivity index (χ4v) is 1.49. The van der Waals surface area contributed by atoms with Crippen molar-refractivity contribution in [2.75, 3.05) is 0 Å². The van der Waals surface area contributed by atoms with Crippen LogP contribution >= 0.6 is 0 Å². The molecule has 0 radical (unpaired) electrons. The summed E-state index contributed by atoms with van der Waals surface area (Å²) in [6, 6.07) is 2.46. The Bertz CT molecular complexity index is 458. The highest BCUT2D eigenvalue weighted by Crippen LogP contribution is 2.22. The average molecular weight is 253 g/mol. The summed E-state index contributed by atoms with van der Waals surface area (Å²) in [6.07, 6.45) is 0.893. The number of carbonyl (C=O) groups excluding carboxylic acids is 1. The normalized spacial score (nSPS) is 11.8. The number of aromatic hydroxyl groups is 2. The van der Waals surface area contributed by atoms with Crippen LogP contribution in [0.25, 0.3) is 0 Å². The van der Waals surface area contributed by atoms with Crippen molar-refractivity contribution in [1.29, 1.82) is 0 Å². The van der Waals surface area contributed by atoms with E-state index in [9.17, 15) is 19.8 Å². The van der Waals surface area contributed by atoms with Crippen molar-refractivity contribution in [2.24, 2.45) is 0 Å². The molecule has 0 aromatic heterocycles. The van der Waals surface area contributed by atoms with Crippen molar-refractivity contribution in [2.45, 2.75) is 25.8 Å². The molecule has 1 atom stereocenters. The summed E-state index contributed by atoms with van der Waals surface area (Å²) >= 11 is 0. The van der Waals surface area contributed by atoms with Crippen LogP contribution in [0, 0.1) is 0 Å². The maximum absolute atomic E-state index is 11.8. The van der Waals surface area contributed by atoms with E-state index in [0.717, 1.165) is 6.07 Å². The Morgan fingerprint density at radius 2 is 2.00 bits per heavy atom. The lowest BCUT2D eigenvalue weighted by molar-refractivity contribution is -0.139. The van der Waals surface area contributed by atoms with Gasteiger partial charge in [-0.1, -0.05) is 13.3 Å². The van der Waals surface area contributed by atoms with E-state index in [0.29, 0.717) is 12.8 Å². The number of phenolic OH excluding ortho intramolecular Hbond substituents is 2. The lowest BCUT2D eigenvalue weighted by Gasteiger charge is -2.14. The number of amides is 1. The zero-order valence-corrected chi connectivity index (χ0v) is 9.88. The third kappa shape index (κ3) is 3.38. The topological polar surface area (TPSA) is 107 Å². The Hall–Kier alpha value is -2.24. The molecule has 6 heteroatoms. The number of nitrogens with one attached hydrogen (secondary N) is 1. The molecule has 1 aromatic carbocycles. The Balaban J connectivity index is 2.86. The van der Waals surface area contributed by atoms with Gasteiger partial charge in [0.25, 0.3) is 5.91 Å². The van der Waals surface area contributed by atoms with Crippen LogP contribution in [-0.4, -0.2) is 33.2 Å². The molecule has 0 saturated carbocycles. The van der Waals surface area contributed by atoms with Crippen molar-refractivity contribution in [3.8, 4) is 11.5 Å². The molecule has 0 aliphatic heterocycles. The van der Waals surface area contributed by atoms with Crippen LogP contribution in [0.3, 0.4) is 0 Å². The second-order valence-corrected chi connectivity index (χ2v) is 3.85. The lowest BCUT2D eigenvalue weighted by atomic mass is 10.1. The zero-order chi connectivity index (χ0) is 13.7. The molecule has 6 nitrogen and oxygen atoms in total. The zero-order valence-electron chi connectivity index (χ0n) is 9.88. The van der Waals surface area contributed by atoms with Crippen molar-refractivity contribution in [3.05, 3.63) is 23.8 Å². The van der Waals surface area contributed by atoms with Crippen LogP contribution in [0.4, 0.5) is 0 Å². The minimum Gasteiger partial charge on any atom is -0.508 e. The third-order valence-electron chi connectivity index (χ3n) is 2.41. The Kier molecular flexibility index (Phi) is 4.53. The van der Waals surface area contributed by atoms with Gasteiger partial charge in [0, 0.05) is 0 Å². The highest BCUT2D eigenvalue weighted by Gasteiger charge is 2.21. The van der Waals surface area contributed by atoms with Crippen LogP contribution < -0.4 is 5.32 Å². The summed E-state index contributed by atoms with van der Waals surface area (Å²) in [6.45, 7) is 1.80.